The molecule has 1 atom stereocenters. The summed E-state index contributed by atoms with van der Waals surface area (Å²) in [6, 6.07) is 10.1. The number of benzene rings is 1. The normalized spacial score (nSPS) is 16.4. The molecule has 0 aliphatic heterocycles. The molecular formula is C28H37N3O4. The summed E-state index contributed by atoms with van der Waals surface area (Å²) in [5.41, 5.74) is 3.29. The number of carboxylic acid groups (broad SMARTS) is 1. The number of aryl methyl sites for hydroxylation is 1. The molecule has 0 radical (unpaired) electrons. The van der Waals surface area contributed by atoms with Gasteiger partial charge in [0.1, 0.15) is 11.5 Å². The minimum Gasteiger partial charge on any atom is -0.478 e. The molecule has 0 spiro atoms. The van der Waals surface area contributed by atoms with Crippen LogP contribution in [0.1, 0.15) is 70.4 Å². The minimum atomic E-state index is -1.30. The molecule has 1 amide bonds. The Morgan fingerprint density at radius 1 is 1.17 bits per heavy atom. The van der Waals surface area contributed by atoms with Crippen molar-refractivity contribution >= 4 is 11.9 Å². The third-order valence-corrected chi connectivity index (χ3v) is 6.37. The van der Waals surface area contributed by atoms with Crippen molar-refractivity contribution in [2.24, 2.45) is 13.0 Å². The third-order valence-electron chi connectivity index (χ3n) is 6.37. The Morgan fingerprint density at radius 2 is 1.83 bits per heavy atom. The fourth-order valence-corrected chi connectivity index (χ4v) is 3.99. The molecule has 0 saturated heterocycles. The van der Waals surface area contributed by atoms with Gasteiger partial charge in [0.25, 0.3) is 5.91 Å². The molecule has 1 aromatic carbocycles. The lowest BCUT2D eigenvalue weighted by Gasteiger charge is -2.28. The van der Waals surface area contributed by atoms with Crippen molar-refractivity contribution in [3.8, 4) is 11.3 Å². The first-order valence-electron chi connectivity index (χ1n) is 12.1. The van der Waals surface area contributed by atoms with E-state index in [9.17, 15) is 14.7 Å². The molecule has 1 aliphatic carbocycles. The SMILES string of the molecule is CCC1=C(OC(C)(C)C(=O)O)C=CC(CNC(=O)c2cc(-c3ccc(C(C)(C)C)cc3)nn2C)C1. The lowest BCUT2D eigenvalue weighted by molar-refractivity contribution is -0.156. The molecule has 0 fully saturated rings. The van der Waals surface area contributed by atoms with Crippen LogP contribution < -0.4 is 5.32 Å². The lowest BCUT2D eigenvalue weighted by atomic mass is 9.86. The van der Waals surface area contributed by atoms with Gasteiger partial charge in [0.15, 0.2) is 5.60 Å². The van der Waals surface area contributed by atoms with E-state index in [0.717, 1.165) is 23.3 Å². The van der Waals surface area contributed by atoms with E-state index in [0.29, 0.717) is 24.4 Å². The van der Waals surface area contributed by atoms with E-state index in [1.807, 2.05) is 37.3 Å². The molecule has 2 aromatic rings. The van der Waals surface area contributed by atoms with E-state index in [4.69, 9.17) is 4.74 Å². The number of rotatable bonds is 8. The zero-order valence-corrected chi connectivity index (χ0v) is 21.8. The Balaban J connectivity index is 1.64. The van der Waals surface area contributed by atoms with Gasteiger partial charge in [0, 0.05) is 19.2 Å². The van der Waals surface area contributed by atoms with E-state index in [1.165, 1.54) is 19.4 Å². The number of aliphatic carboxylic acids is 1. The number of carboxylic acids is 1. The molecule has 1 unspecified atom stereocenters. The maximum atomic E-state index is 12.9. The predicted molar refractivity (Wildman–Crippen MR) is 137 cm³/mol. The summed E-state index contributed by atoms with van der Waals surface area (Å²) in [6.45, 7) is 12.1. The quantitative estimate of drug-likeness (QED) is 0.540. The number of ether oxygens (including phenoxy) is 1. The predicted octanol–water partition coefficient (Wildman–Crippen LogP) is 5.23. The van der Waals surface area contributed by atoms with Crippen LogP contribution in [0.3, 0.4) is 0 Å². The van der Waals surface area contributed by atoms with Crippen LogP contribution in [0.5, 0.6) is 0 Å². The second kappa shape index (κ2) is 10.1. The van der Waals surface area contributed by atoms with Crippen LogP contribution in [0.15, 0.2) is 53.8 Å². The first-order chi connectivity index (χ1) is 16.3. The van der Waals surface area contributed by atoms with Crippen LogP contribution >= 0.6 is 0 Å². The van der Waals surface area contributed by atoms with Crippen molar-refractivity contribution in [1.82, 2.24) is 15.1 Å². The number of hydrogen-bond donors (Lipinski definition) is 2. The van der Waals surface area contributed by atoms with Crippen LogP contribution in [0.2, 0.25) is 0 Å². The van der Waals surface area contributed by atoms with Gasteiger partial charge in [-0.1, -0.05) is 58.0 Å². The number of nitrogens with one attached hydrogen (secondary N) is 1. The highest BCUT2D eigenvalue weighted by atomic mass is 16.5. The van der Waals surface area contributed by atoms with Gasteiger partial charge in [-0.2, -0.15) is 5.10 Å². The molecule has 0 saturated carbocycles. The number of nitrogens with zero attached hydrogens (tertiary/aromatic N) is 2. The molecule has 188 valence electrons. The zero-order valence-electron chi connectivity index (χ0n) is 21.8. The van der Waals surface area contributed by atoms with Crippen LogP contribution in [0.4, 0.5) is 0 Å². The van der Waals surface area contributed by atoms with Crippen LogP contribution in [0.25, 0.3) is 11.3 Å². The van der Waals surface area contributed by atoms with Crippen LogP contribution in [0, 0.1) is 5.92 Å². The molecule has 0 bridgehead atoms. The van der Waals surface area contributed by atoms with Crippen LogP contribution in [-0.4, -0.2) is 38.9 Å². The average molecular weight is 480 g/mol. The van der Waals surface area contributed by atoms with E-state index < -0.39 is 11.6 Å². The van der Waals surface area contributed by atoms with Gasteiger partial charge in [-0.25, -0.2) is 4.79 Å². The molecule has 3 rings (SSSR count). The second-order valence-corrected chi connectivity index (χ2v) is 10.6. The van der Waals surface area contributed by atoms with Gasteiger partial charge < -0.3 is 15.2 Å². The Hall–Kier alpha value is -3.35. The van der Waals surface area contributed by atoms with Gasteiger partial charge in [0.05, 0.1) is 5.69 Å². The maximum absolute atomic E-state index is 12.9. The number of hydrogen-bond acceptors (Lipinski definition) is 4. The van der Waals surface area contributed by atoms with Crippen molar-refractivity contribution in [3.63, 3.8) is 0 Å². The molecular weight excluding hydrogens is 442 g/mol. The standard InChI is InChI=1S/C28H37N3O4/c1-8-19-15-18(9-14-24(19)35-28(5,6)26(33)34)17-29-25(32)23-16-22(30-31(23)7)20-10-12-21(13-11-20)27(2,3)4/h9-14,16,18H,8,15,17H2,1-7H3,(H,29,32)(H,33,34). The van der Waals surface area contributed by atoms with Gasteiger partial charge in [0.2, 0.25) is 0 Å². The average Bonchev–Trinajstić information content (AvgIpc) is 3.19. The number of allylic oxidation sites excluding steroid dienone is 2. The van der Waals surface area contributed by atoms with Crippen LogP contribution in [-0.2, 0) is 22.0 Å². The molecule has 1 aromatic heterocycles. The van der Waals surface area contributed by atoms with E-state index in [1.54, 1.807) is 11.7 Å². The number of amides is 1. The van der Waals surface area contributed by atoms with Crippen molar-refractivity contribution in [2.45, 2.75) is 65.4 Å². The number of carbonyl (C=O) groups excluding carboxylic acids is 1. The summed E-state index contributed by atoms with van der Waals surface area (Å²) in [4.78, 5) is 24.3. The first kappa shape index (κ1) is 26.3. The van der Waals surface area contributed by atoms with Gasteiger partial charge >= 0.3 is 5.97 Å². The van der Waals surface area contributed by atoms with E-state index in [2.05, 4.69) is 43.3 Å². The lowest BCUT2D eigenvalue weighted by Crippen LogP contribution is -2.35. The Morgan fingerprint density at radius 3 is 2.40 bits per heavy atom. The summed E-state index contributed by atoms with van der Waals surface area (Å²) in [7, 11) is 1.77. The van der Waals surface area contributed by atoms with Crippen molar-refractivity contribution in [2.75, 3.05) is 6.54 Å². The molecule has 2 N–H and O–H groups in total. The monoisotopic (exact) mass is 479 g/mol. The minimum absolute atomic E-state index is 0.0768. The largest absolute Gasteiger partial charge is 0.478 e. The first-order valence-corrected chi connectivity index (χ1v) is 12.1. The topological polar surface area (TPSA) is 93.4 Å². The Bertz CT molecular complexity index is 1150. The summed E-state index contributed by atoms with van der Waals surface area (Å²) in [5.74, 6) is -0.478. The third kappa shape index (κ3) is 6.21. The van der Waals surface area contributed by atoms with Crippen molar-refractivity contribution < 1.29 is 19.4 Å². The molecule has 1 aliphatic rings. The molecule has 7 heteroatoms. The molecule has 7 nitrogen and oxygen atoms in total. The van der Waals surface area contributed by atoms with E-state index in [-0.39, 0.29) is 17.2 Å². The highest BCUT2D eigenvalue weighted by Gasteiger charge is 2.31. The fourth-order valence-electron chi connectivity index (χ4n) is 3.99. The highest BCUT2D eigenvalue weighted by molar-refractivity contribution is 5.93. The van der Waals surface area contributed by atoms with E-state index >= 15 is 0 Å². The zero-order chi connectivity index (χ0) is 26.0. The number of carbonyl (C=O) groups is 2. The molecule has 1 heterocycles. The summed E-state index contributed by atoms with van der Waals surface area (Å²) in [5, 5.41) is 16.9. The highest BCUT2D eigenvalue weighted by Crippen LogP contribution is 2.30. The summed E-state index contributed by atoms with van der Waals surface area (Å²) in [6.07, 6.45) is 5.25. The summed E-state index contributed by atoms with van der Waals surface area (Å²) < 4.78 is 7.38. The van der Waals surface area contributed by atoms with Crippen molar-refractivity contribution in [3.05, 3.63) is 65.1 Å². The number of aromatic nitrogens is 2. The van der Waals surface area contributed by atoms with Crippen molar-refractivity contribution in [1.29, 1.82) is 0 Å². The fraction of sp³-hybridized carbons (Fsp3) is 0.464. The Kier molecular flexibility index (Phi) is 7.58. The smallest absolute Gasteiger partial charge is 0.347 e. The molecule has 35 heavy (non-hydrogen) atoms. The maximum Gasteiger partial charge on any atom is 0.347 e. The Labute approximate surface area is 207 Å². The summed E-state index contributed by atoms with van der Waals surface area (Å²) >= 11 is 0. The second-order valence-electron chi connectivity index (χ2n) is 10.6. The van der Waals surface area contributed by atoms with Gasteiger partial charge in [-0.05, 0) is 61.3 Å². The van der Waals surface area contributed by atoms with Gasteiger partial charge in [-0.15, -0.1) is 0 Å². The van der Waals surface area contributed by atoms with Gasteiger partial charge in [-0.3, -0.25) is 9.48 Å².